The highest BCUT2D eigenvalue weighted by Gasteiger charge is 2.19. The Hall–Kier alpha value is -2.83. The average Bonchev–Trinajstić information content (AvgIpc) is 2.97. The quantitative estimate of drug-likeness (QED) is 0.698. The van der Waals surface area contributed by atoms with E-state index in [9.17, 15) is 13.6 Å². The minimum absolute atomic E-state index is 0.0675. The van der Waals surface area contributed by atoms with E-state index < -0.39 is 12.4 Å². The van der Waals surface area contributed by atoms with Crippen molar-refractivity contribution < 1.29 is 18.3 Å². The van der Waals surface area contributed by atoms with Gasteiger partial charge >= 0.3 is 5.97 Å². The third-order valence-corrected chi connectivity index (χ3v) is 3.14. The number of benzene rings is 1. The summed E-state index contributed by atoms with van der Waals surface area (Å²) < 4.78 is 32.1. The SMILES string of the molecule is COC(=O)c1cc2nc(-c3ccccc3)cc(C(F)F)n2n1. The molecule has 3 aromatic rings. The molecule has 0 aliphatic rings. The number of aromatic nitrogens is 3. The Balaban J connectivity index is 2.23. The van der Waals surface area contributed by atoms with Crippen molar-refractivity contribution in [2.75, 3.05) is 7.11 Å². The second kappa shape index (κ2) is 5.51. The van der Waals surface area contributed by atoms with Crippen LogP contribution in [0.3, 0.4) is 0 Å². The molecule has 22 heavy (non-hydrogen) atoms. The standard InChI is InChI=1S/C15H11F2N3O2/c1-22-15(21)11-8-13-18-10(9-5-3-2-4-6-9)7-12(14(16)17)20(13)19-11/h2-8,14H,1H3. The van der Waals surface area contributed by atoms with E-state index in [2.05, 4.69) is 14.8 Å². The number of esters is 1. The van der Waals surface area contributed by atoms with Gasteiger partial charge in [-0.15, -0.1) is 0 Å². The highest BCUT2D eigenvalue weighted by molar-refractivity contribution is 5.88. The van der Waals surface area contributed by atoms with Gasteiger partial charge in [0.2, 0.25) is 0 Å². The van der Waals surface area contributed by atoms with Gasteiger partial charge in [0.05, 0.1) is 12.8 Å². The number of halogens is 2. The summed E-state index contributed by atoms with van der Waals surface area (Å²) in [5.74, 6) is -0.702. The molecule has 2 aromatic heterocycles. The summed E-state index contributed by atoms with van der Waals surface area (Å²) in [5, 5.41) is 3.84. The average molecular weight is 303 g/mol. The minimum atomic E-state index is -2.75. The minimum Gasteiger partial charge on any atom is -0.464 e. The van der Waals surface area contributed by atoms with E-state index in [0.29, 0.717) is 11.3 Å². The Bertz CT molecular complexity index is 831. The zero-order valence-corrected chi connectivity index (χ0v) is 11.5. The number of carbonyl (C=O) groups excluding carboxylic acids is 1. The van der Waals surface area contributed by atoms with E-state index in [1.54, 1.807) is 24.3 Å². The maximum atomic E-state index is 13.3. The van der Waals surface area contributed by atoms with Crippen molar-refractivity contribution in [2.24, 2.45) is 0 Å². The number of alkyl halides is 2. The highest BCUT2D eigenvalue weighted by atomic mass is 19.3. The fourth-order valence-corrected chi connectivity index (χ4v) is 2.11. The zero-order valence-electron chi connectivity index (χ0n) is 11.5. The van der Waals surface area contributed by atoms with Crippen molar-refractivity contribution >= 4 is 11.6 Å². The maximum Gasteiger partial charge on any atom is 0.358 e. The summed E-state index contributed by atoms with van der Waals surface area (Å²) in [6.07, 6.45) is -2.75. The van der Waals surface area contributed by atoms with E-state index in [1.165, 1.54) is 19.2 Å². The van der Waals surface area contributed by atoms with E-state index in [4.69, 9.17) is 0 Å². The first-order chi connectivity index (χ1) is 10.6. The van der Waals surface area contributed by atoms with Crippen LogP contribution in [0.5, 0.6) is 0 Å². The Labute approximate surface area is 124 Å². The molecule has 5 nitrogen and oxygen atoms in total. The summed E-state index contributed by atoms with van der Waals surface area (Å²) in [7, 11) is 1.20. The van der Waals surface area contributed by atoms with Crippen molar-refractivity contribution in [3.8, 4) is 11.3 Å². The first kappa shape index (κ1) is 14.1. The molecule has 0 radical (unpaired) electrons. The van der Waals surface area contributed by atoms with Gasteiger partial charge in [0.25, 0.3) is 6.43 Å². The monoisotopic (exact) mass is 303 g/mol. The molecule has 0 saturated heterocycles. The molecule has 0 fully saturated rings. The summed E-state index contributed by atoms with van der Waals surface area (Å²) in [6.45, 7) is 0. The van der Waals surface area contributed by atoms with E-state index in [0.717, 1.165) is 4.52 Å². The Morgan fingerprint density at radius 1 is 1.23 bits per heavy atom. The molecule has 0 aliphatic carbocycles. The van der Waals surface area contributed by atoms with Gasteiger partial charge in [0.15, 0.2) is 11.3 Å². The fourth-order valence-electron chi connectivity index (χ4n) is 2.11. The number of nitrogens with zero attached hydrogens (tertiary/aromatic N) is 3. The lowest BCUT2D eigenvalue weighted by molar-refractivity contribution is 0.0593. The Kier molecular flexibility index (Phi) is 3.54. The molecule has 0 spiro atoms. The second-order valence-electron chi connectivity index (χ2n) is 4.52. The van der Waals surface area contributed by atoms with Crippen LogP contribution < -0.4 is 0 Å². The van der Waals surface area contributed by atoms with Gasteiger partial charge < -0.3 is 4.74 Å². The Morgan fingerprint density at radius 2 is 1.95 bits per heavy atom. The largest absolute Gasteiger partial charge is 0.464 e. The molecule has 0 aliphatic heterocycles. The van der Waals surface area contributed by atoms with E-state index in [-0.39, 0.29) is 17.0 Å². The number of hydrogen-bond donors (Lipinski definition) is 0. The number of fused-ring (bicyclic) bond motifs is 1. The van der Waals surface area contributed by atoms with Crippen molar-refractivity contribution in [1.82, 2.24) is 14.6 Å². The lowest BCUT2D eigenvalue weighted by Gasteiger charge is -2.07. The summed E-state index contributed by atoms with van der Waals surface area (Å²) in [6, 6.07) is 11.5. The van der Waals surface area contributed by atoms with Crippen LogP contribution in [-0.2, 0) is 4.74 Å². The van der Waals surface area contributed by atoms with Crippen molar-refractivity contribution in [3.05, 3.63) is 53.9 Å². The molecule has 0 unspecified atom stereocenters. The van der Waals surface area contributed by atoms with Gasteiger partial charge in [0.1, 0.15) is 5.69 Å². The van der Waals surface area contributed by atoms with Crippen molar-refractivity contribution in [1.29, 1.82) is 0 Å². The van der Waals surface area contributed by atoms with Crippen molar-refractivity contribution in [2.45, 2.75) is 6.43 Å². The van der Waals surface area contributed by atoms with Gasteiger partial charge in [0, 0.05) is 11.6 Å². The first-order valence-corrected chi connectivity index (χ1v) is 6.43. The molecular formula is C15H11F2N3O2. The number of ether oxygens (including phenoxy) is 1. The van der Waals surface area contributed by atoms with Crippen LogP contribution in [-0.4, -0.2) is 27.7 Å². The molecule has 3 rings (SSSR count). The molecular weight excluding hydrogens is 292 g/mol. The number of methoxy groups -OCH3 is 1. The second-order valence-corrected chi connectivity index (χ2v) is 4.52. The number of carbonyl (C=O) groups is 1. The van der Waals surface area contributed by atoms with Gasteiger partial charge in [-0.3, -0.25) is 0 Å². The summed E-state index contributed by atoms with van der Waals surface area (Å²) in [5.41, 5.74) is 0.852. The van der Waals surface area contributed by atoms with Crippen LogP contribution in [0.1, 0.15) is 22.6 Å². The van der Waals surface area contributed by atoms with E-state index in [1.807, 2.05) is 6.07 Å². The highest BCUT2D eigenvalue weighted by Crippen LogP contribution is 2.25. The number of rotatable bonds is 3. The van der Waals surface area contributed by atoms with Gasteiger partial charge in [-0.05, 0) is 6.07 Å². The van der Waals surface area contributed by atoms with Gasteiger partial charge in [-0.2, -0.15) is 5.10 Å². The van der Waals surface area contributed by atoms with E-state index >= 15 is 0 Å². The molecule has 7 heteroatoms. The van der Waals surface area contributed by atoms with Crippen LogP contribution >= 0.6 is 0 Å². The maximum absolute atomic E-state index is 13.3. The normalized spacial score (nSPS) is 11.1. The number of hydrogen-bond acceptors (Lipinski definition) is 4. The zero-order chi connectivity index (χ0) is 15.7. The van der Waals surface area contributed by atoms with Crippen LogP contribution in [0.2, 0.25) is 0 Å². The molecule has 2 heterocycles. The molecule has 112 valence electrons. The molecule has 0 amide bonds. The predicted molar refractivity (Wildman–Crippen MR) is 74.7 cm³/mol. The van der Waals surface area contributed by atoms with Crippen LogP contribution in [0.25, 0.3) is 16.9 Å². The van der Waals surface area contributed by atoms with Gasteiger partial charge in [-0.25, -0.2) is 23.1 Å². The van der Waals surface area contributed by atoms with Crippen LogP contribution in [0.15, 0.2) is 42.5 Å². The van der Waals surface area contributed by atoms with Crippen molar-refractivity contribution in [3.63, 3.8) is 0 Å². The molecule has 0 bridgehead atoms. The van der Waals surface area contributed by atoms with Gasteiger partial charge in [-0.1, -0.05) is 30.3 Å². The molecule has 0 N–H and O–H groups in total. The fraction of sp³-hybridized carbons (Fsp3) is 0.133. The lowest BCUT2D eigenvalue weighted by atomic mass is 10.1. The third-order valence-electron chi connectivity index (χ3n) is 3.14. The topological polar surface area (TPSA) is 56.5 Å². The summed E-state index contributed by atoms with van der Waals surface area (Å²) in [4.78, 5) is 15.8. The molecule has 0 atom stereocenters. The lowest BCUT2D eigenvalue weighted by Crippen LogP contribution is -2.05. The van der Waals surface area contributed by atoms with Crippen LogP contribution in [0.4, 0.5) is 8.78 Å². The summed E-state index contributed by atoms with van der Waals surface area (Å²) >= 11 is 0. The third kappa shape index (κ3) is 2.41. The first-order valence-electron chi connectivity index (χ1n) is 6.43. The Morgan fingerprint density at radius 3 is 2.59 bits per heavy atom. The molecule has 0 saturated carbocycles. The molecule has 1 aromatic carbocycles. The smallest absolute Gasteiger partial charge is 0.358 e. The van der Waals surface area contributed by atoms with Crippen LogP contribution in [0, 0.1) is 0 Å². The predicted octanol–water partition coefficient (Wildman–Crippen LogP) is 3.12.